The molecule has 0 saturated heterocycles. The van der Waals surface area contributed by atoms with Crippen LogP contribution in [0.5, 0.6) is 0 Å². The lowest BCUT2D eigenvalue weighted by Crippen LogP contribution is -2.14. The number of hydrogen-bond donors (Lipinski definition) is 1. The second kappa shape index (κ2) is 3.45. The molecular weight excluding hydrogens is 200 g/mol. The summed E-state index contributed by atoms with van der Waals surface area (Å²) in [6.45, 7) is 2.52. The van der Waals surface area contributed by atoms with Crippen LogP contribution >= 0.6 is 11.8 Å². The zero-order chi connectivity index (χ0) is 10.1. The molecule has 2 aromatic rings. The molecule has 0 fully saturated rings. The third kappa shape index (κ3) is 1.31. The van der Waals surface area contributed by atoms with Crippen LogP contribution in [-0.2, 0) is 6.54 Å². The predicted octanol–water partition coefficient (Wildman–Crippen LogP) is 0.861. The van der Waals surface area contributed by atoms with Crippen LogP contribution in [0.2, 0.25) is 0 Å². The molecule has 2 aromatic heterocycles. The minimum atomic E-state index is -0.0600. The number of aryl methyl sites for hydroxylation is 1. The standard InChI is InChI=1S/C8H10N4OS/c1-3-12-7(13)5-4-9-8(14-2)10-6(5)11-12/h4H,3H2,1-2H3,(H,9,10,11). The fourth-order valence-electron chi connectivity index (χ4n) is 1.25. The van der Waals surface area contributed by atoms with Gasteiger partial charge in [0.05, 0.1) is 0 Å². The summed E-state index contributed by atoms with van der Waals surface area (Å²) in [5.74, 6) is 0. The first-order valence-electron chi connectivity index (χ1n) is 4.25. The Labute approximate surface area is 84.5 Å². The number of thioether (sulfide) groups is 1. The summed E-state index contributed by atoms with van der Waals surface area (Å²) in [5, 5.41) is 4.14. The highest BCUT2D eigenvalue weighted by Gasteiger charge is 2.07. The van der Waals surface area contributed by atoms with Gasteiger partial charge in [-0.1, -0.05) is 11.8 Å². The van der Waals surface area contributed by atoms with Crippen LogP contribution in [0.25, 0.3) is 11.0 Å². The van der Waals surface area contributed by atoms with Crippen molar-refractivity contribution in [2.75, 3.05) is 6.26 Å². The molecule has 0 unspecified atom stereocenters. The van der Waals surface area contributed by atoms with E-state index in [1.165, 1.54) is 16.4 Å². The number of fused-ring (bicyclic) bond motifs is 1. The highest BCUT2D eigenvalue weighted by molar-refractivity contribution is 7.98. The van der Waals surface area contributed by atoms with E-state index in [2.05, 4.69) is 15.1 Å². The lowest BCUT2D eigenvalue weighted by Gasteiger charge is -1.92. The highest BCUT2D eigenvalue weighted by atomic mass is 32.2. The van der Waals surface area contributed by atoms with Crippen molar-refractivity contribution in [2.24, 2.45) is 0 Å². The summed E-state index contributed by atoms with van der Waals surface area (Å²) >= 11 is 1.45. The van der Waals surface area contributed by atoms with Crippen LogP contribution in [0.1, 0.15) is 6.92 Å². The number of rotatable bonds is 2. The molecule has 14 heavy (non-hydrogen) atoms. The molecule has 5 nitrogen and oxygen atoms in total. The molecule has 0 bridgehead atoms. The number of hydrogen-bond acceptors (Lipinski definition) is 4. The van der Waals surface area contributed by atoms with E-state index in [-0.39, 0.29) is 5.56 Å². The average molecular weight is 210 g/mol. The Hall–Kier alpha value is -1.30. The predicted molar refractivity (Wildman–Crippen MR) is 55.6 cm³/mol. The second-order valence-corrected chi connectivity index (χ2v) is 3.55. The van der Waals surface area contributed by atoms with E-state index in [9.17, 15) is 4.79 Å². The van der Waals surface area contributed by atoms with Crippen LogP contribution in [0.3, 0.4) is 0 Å². The molecule has 0 aromatic carbocycles. The summed E-state index contributed by atoms with van der Waals surface area (Å²) < 4.78 is 1.52. The summed E-state index contributed by atoms with van der Waals surface area (Å²) in [6, 6.07) is 0. The molecule has 0 aliphatic heterocycles. The first kappa shape index (κ1) is 9.26. The SMILES string of the molecule is CCn1[nH]c2nc(SC)ncc2c1=O. The van der Waals surface area contributed by atoms with Crippen LogP contribution in [0.15, 0.2) is 16.1 Å². The van der Waals surface area contributed by atoms with E-state index in [1.54, 1.807) is 6.20 Å². The minimum absolute atomic E-state index is 0.0600. The van der Waals surface area contributed by atoms with Crippen molar-refractivity contribution in [1.29, 1.82) is 0 Å². The number of nitrogens with one attached hydrogen (secondary N) is 1. The molecule has 0 aliphatic carbocycles. The van der Waals surface area contributed by atoms with Crippen molar-refractivity contribution >= 4 is 22.8 Å². The minimum Gasteiger partial charge on any atom is -0.278 e. The Bertz CT molecular complexity index is 516. The van der Waals surface area contributed by atoms with Gasteiger partial charge in [0.2, 0.25) is 0 Å². The molecule has 0 radical (unpaired) electrons. The topological polar surface area (TPSA) is 63.6 Å². The lowest BCUT2D eigenvalue weighted by atomic mass is 10.4. The van der Waals surface area contributed by atoms with Crippen molar-refractivity contribution in [3.63, 3.8) is 0 Å². The van der Waals surface area contributed by atoms with Gasteiger partial charge in [-0.3, -0.25) is 14.6 Å². The quantitative estimate of drug-likeness (QED) is 0.590. The molecule has 0 amide bonds. The van der Waals surface area contributed by atoms with Crippen LogP contribution in [-0.4, -0.2) is 26.0 Å². The average Bonchev–Trinajstić information content (AvgIpc) is 2.55. The second-order valence-electron chi connectivity index (χ2n) is 2.78. The molecule has 1 N–H and O–H groups in total. The van der Waals surface area contributed by atoms with Gasteiger partial charge >= 0.3 is 0 Å². The molecular formula is C8H10N4OS. The Morgan fingerprint density at radius 3 is 3.07 bits per heavy atom. The number of nitrogens with zero attached hydrogens (tertiary/aromatic N) is 3. The van der Waals surface area contributed by atoms with Crippen molar-refractivity contribution in [3.8, 4) is 0 Å². The maximum atomic E-state index is 11.6. The van der Waals surface area contributed by atoms with Gasteiger partial charge in [0.25, 0.3) is 5.56 Å². The third-order valence-electron chi connectivity index (χ3n) is 1.98. The van der Waals surface area contributed by atoms with Crippen molar-refractivity contribution in [3.05, 3.63) is 16.6 Å². The van der Waals surface area contributed by atoms with E-state index in [0.717, 1.165) is 0 Å². The zero-order valence-corrected chi connectivity index (χ0v) is 8.76. The largest absolute Gasteiger partial charge is 0.278 e. The molecule has 0 atom stereocenters. The molecule has 0 spiro atoms. The summed E-state index contributed by atoms with van der Waals surface area (Å²) in [7, 11) is 0. The van der Waals surface area contributed by atoms with Gasteiger partial charge < -0.3 is 0 Å². The molecule has 2 heterocycles. The van der Waals surface area contributed by atoms with E-state index < -0.39 is 0 Å². The van der Waals surface area contributed by atoms with Crippen LogP contribution < -0.4 is 5.56 Å². The van der Waals surface area contributed by atoms with Gasteiger partial charge in [-0.05, 0) is 13.2 Å². The monoisotopic (exact) mass is 210 g/mol. The van der Waals surface area contributed by atoms with Gasteiger partial charge in [0, 0.05) is 12.7 Å². The van der Waals surface area contributed by atoms with E-state index in [1.807, 2.05) is 13.2 Å². The zero-order valence-electron chi connectivity index (χ0n) is 7.94. The third-order valence-corrected chi connectivity index (χ3v) is 2.54. The van der Waals surface area contributed by atoms with Crippen molar-refractivity contribution in [1.82, 2.24) is 19.7 Å². The Balaban J connectivity index is 2.73. The summed E-state index contributed by atoms with van der Waals surface area (Å²) in [6.07, 6.45) is 3.47. The van der Waals surface area contributed by atoms with Gasteiger partial charge in [-0.2, -0.15) is 0 Å². The van der Waals surface area contributed by atoms with E-state index in [4.69, 9.17) is 0 Å². The fourth-order valence-corrected chi connectivity index (χ4v) is 1.59. The maximum Gasteiger partial charge on any atom is 0.277 e. The molecule has 2 rings (SSSR count). The molecule has 0 saturated carbocycles. The Morgan fingerprint density at radius 2 is 2.43 bits per heavy atom. The maximum absolute atomic E-state index is 11.6. The van der Waals surface area contributed by atoms with E-state index in [0.29, 0.717) is 22.7 Å². The van der Waals surface area contributed by atoms with Crippen LogP contribution in [0.4, 0.5) is 0 Å². The summed E-state index contributed by atoms with van der Waals surface area (Å²) in [5.41, 5.74) is 0.548. The molecule has 6 heteroatoms. The summed E-state index contributed by atoms with van der Waals surface area (Å²) in [4.78, 5) is 19.9. The lowest BCUT2D eigenvalue weighted by molar-refractivity contribution is 0.643. The number of H-pyrrole nitrogens is 1. The van der Waals surface area contributed by atoms with E-state index >= 15 is 0 Å². The van der Waals surface area contributed by atoms with Crippen LogP contribution in [0, 0.1) is 0 Å². The number of aromatic amines is 1. The van der Waals surface area contributed by atoms with Crippen molar-refractivity contribution in [2.45, 2.75) is 18.6 Å². The highest BCUT2D eigenvalue weighted by Crippen LogP contribution is 2.10. The van der Waals surface area contributed by atoms with Crippen molar-refractivity contribution < 1.29 is 0 Å². The van der Waals surface area contributed by atoms with Gasteiger partial charge in [-0.15, -0.1) is 0 Å². The Kier molecular flexibility index (Phi) is 2.28. The fraction of sp³-hybridized carbons (Fsp3) is 0.375. The molecule has 0 aliphatic rings. The smallest absolute Gasteiger partial charge is 0.277 e. The molecule has 74 valence electrons. The van der Waals surface area contributed by atoms with Gasteiger partial charge in [0.15, 0.2) is 10.8 Å². The van der Waals surface area contributed by atoms with Gasteiger partial charge in [-0.25, -0.2) is 9.97 Å². The first-order chi connectivity index (χ1) is 6.76. The number of aromatic nitrogens is 4. The van der Waals surface area contributed by atoms with Gasteiger partial charge in [0.1, 0.15) is 5.39 Å². The first-order valence-corrected chi connectivity index (χ1v) is 5.48. The Morgan fingerprint density at radius 1 is 1.64 bits per heavy atom. The normalized spacial score (nSPS) is 11.0.